The minimum atomic E-state index is 0.221. The molecule has 27 heavy (non-hydrogen) atoms. The molecule has 0 saturated carbocycles. The van der Waals surface area contributed by atoms with Crippen molar-refractivity contribution in [1.82, 2.24) is 0 Å². The summed E-state index contributed by atoms with van der Waals surface area (Å²) in [5, 5.41) is 20.7. The first-order valence-corrected chi connectivity index (χ1v) is 8.65. The number of aromatic hydroxyl groups is 1. The lowest BCUT2D eigenvalue weighted by atomic mass is 9.94. The number of nitriles is 1. The lowest BCUT2D eigenvalue weighted by molar-refractivity contribution is 0.475. The van der Waals surface area contributed by atoms with Gasteiger partial charge in [-0.25, -0.2) is 0 Å². The first-order valence-electron chi connectivity index (χ1n) is 8.65. The van der Waals surface area contributed by atoms with E-state index in [4.69, 9.17) is 10.00 Å². The van der Waals surface area contributed by atoms with E-state index in [1.54, 1.807) is 36.4 Å². The maximum absolute atomic E-state index is 9.87. The summed E-state index contributed by atoms with van der Waals surface area (Å²) in [5.41, 5.74) is 3.72. The summed E-state index contributed by atoms with van der Waals surface area (Å²) in [7, 11) is 0. The molecule has 0 aliphatic heterocycles. The van der Waals surface area contributed by atoms with Crippen LogP contribution < -0.4 is 4.74 Å². The van der Waals surface area contributed by atoms with Crippen LogP contribution in [-0.4, -0.2) is 5.11 Å². The summed E-state index contributed by atoms with van der Waals surface area (Å²) < 4.78 is 6.31. The molecule has 1 N–H and O–H groups in total. The molecule has 4 aromatic carbocycles. The lowest BCUT2D eigenvalue weighted by Crippen LogP contribution is -1.94. The van der Waals surface area contributed by atoms with Gasteiger partial charge in [0.15, 0.2) is 0 Å². The zero-order chi connectivity index (χ0) is 18.8. The molecule has 0 atom stereocenters. The molecule has 0 fully saturated rings. The Morgan fingerprint density at radius 1 is 0.889 bits per heavy atom. The third-order valence-electron chi connectivity index (χ3n) is 4.54. The van der Waals surface area contributed by atoms with E-state index in [1.165, 1.54) is 0 Å². The molecule has 0 aliphatic carbocycles. The van der Waals surface area contributed by atoms with Gasteiger partial charge in [-0.1, -0.05) is 36.4 Å². The van der Waals surface area contributed by atoms with E-state index < -0.39 is 0 Å². The molecule has 0 bridgehead atoms. The fraction of sp³-hybridized carbons (Fsp3) is 0.0417. The fourth-order valence-electron chi connectivity index (χ4n) is 3.28. The first-order chi connectivity index (χ1) is 13.2. The van der Waals surface area contributed by atoms with Crippen molar-refractivity contribution in [3.8, 4) is 34.4 Å². The van der Waals surface area contributed by atoms with Crippen molar-refractivity contribution in [2.24, 2.45) is 0 Å². The largest absolute Gasteiger partial charge is 0.508 e. The second-order valence-electron chi connectivity index (χ2n) is 6.41. The zero-order valence-corrected chi connectivity index (χ0v) is 14.8. The van der Waals surface area contributed by atoms with Crippen molar-refractivity contribution in [1.29, 1.82) is 5.26 Å². The molecule has 4 aromatic rings. The molecule has 0 amide bonds. The highest BCUT2D eigenvalue weighted by molar-refractivity contribution is 5.97. The molecule has 130 valence electrons. The van der Waals surface area contributed by atoms with Gasteiger partial charge < -0.3 is 9.84 Å². The maximum Gasteiger partial charge on any atom is 0.143 e. The molecule has 0 aromatic heterocycles. The molecule has 4 rings (SSSR count). The monoisotopic (exact) mass is 351 g/mol. The summed E-state index contributed by atoms with van der Waals surface area (Å²) >= 11 is 0. The Kier molecular flexibility index (Phi) is 4.24. The van der Waals surface area contributed by atoms with Gasteiger partial charge in [0.25, 0.3) is 0 Å². The number of aryl methyl sites for hydroxylation is 1. The van der Waals surface area contributed by atoms with Gasteiger partial charge in [0, 0.05) is 10.9 Å². The second kappa shape index (κ2) is 6.86. The number of nitrogens with zero attached hydrogens (tertiary/aromatic N) is 1. The number of ether oxygens (including phenoxy) is 1. The maximum atomic E-state index is 9.87. The molecular weight excluding hydrogens is 334 g/mol. The summed E-state index contributed by atoms with van der Waals surface area (Å²) in [4.78, 5) is 0. The predicted molar refractivity (Wildman–Crippen MR) is 107 cm³/mol. The van der Waals surface area contributed by atoms with E-state index in [-0.39, 0.29) is 5.75 Å². The van der Waals surface area contributed by atoms with Crippen LogP contribution in [0.3, 0.4) is 0 Å². The quantitative estimate of drug-likeness (QED) is 0.479. The number of phenolic OH excluding ortho intramolecular Hbond substituents is 1. The number of fused-ring (bicyclic) bond motifs is 1. The second-order valence-corrected chi connectivity index (χ2v) is 6.41. The van der Waals surface area contributed by atoms with Crippen LogP contribution in [0.1, 0.15) is 11.1 Å². The van der Waals surface area contributed by atoms with Crippen molar-refractivity contribution in [2.75, 3.05) is 0 Å². The zero-order valence-electron chi connectivity index (χ0n) is 14.8. The van der Waals surface area contributed by atoms with Gasteiger partial charge in [-0.15, -0.1) is 0 Å². The summed E-state index contributed by atoms with van der Waals surface area (Å²) in [6.45, 7) is 2.04. The number of phenols is 1. The number of hydrogen-bond acceptors (Lipinski definition) is 3. The van der Waals surface area contributed by atoms with Crippen molar-refractivity contribution >= 4 is 10.8 Å². The molecule has 3 heteroatoms. The van der Waals surface area contributed by atoms with E-state index in [2.05, 4.69) is 24.3 Å². The van der Waals surface area contributed by atoms with Crippen LogP contribution in [0.15, 0.2) is 78.9 Å². The predicted octanol–water partition coefficient (Wildman–Crippen LogP) is 6.18. The highest BCUT2D eigenvalue weighted by Gasteiger charge is 2.16. The summed E-state index contributed by atoms with van der Waals surface area (Å²) in [5.74, 6) is 1.62. The van der Waals surface area contributed by atoms with E-state index >= 15 is 0 Å². The molecular formula is C24H17NO2. The average Bonchev–Trinajstić information content (AvgIpc) is 2.69. The van der Waals surface area contributed by atoms with Crippen LogP contribution in [0.2, 0.25) is 0 Å². The van der Waals surface area contributed by atoms with Gasteiger partial charge in [-0.3, -0.25) is 0 Å². The Hall–Kier alpha value is -3.77. The van der Waals surface area contributed by atoms with Crippen LogP contribution in [0, 0.1) is 18.3 Å². The molecule has 0 spiro atoms. The number of benzene rings is 4. The van der Waals surface area contributed by atoms with Crippen LogP contribution in [0.5, 0.6) is 17.2 Å². The van der Waals surface area contributed by atoms with Crippen molar-refractivity contribution < 1.29 is 9.84 Å². The first kappa shape index (κ1) is 16.7. The molecule has 0 radical (unpaired) electrons. The van der Waals surface area contributed by atoms with Gasteiger partial charge in [0.1, 0.15) is 17.2 Å². The standard InChI is InChI=1S/C24H17NO2/c1-16-13-19-14-20(26)9-12-22(19)24(23(16)18-5-3-2-4-6-18)27-21-10-7-17(15-25)8-11-21/h2-14,26H,1H3. The van der Waals surface area contributed by atoms with Gasteiger partial charge in [0.05, 0.1) is 11.6 Å². The SMILES string of the molecule is Cc1cc2cc(O)ccc2c(Oc2ccc(C#N)cc2)c1-c1ccccc1. The van der Waals surface area contributed by atoms with Crippen LogP contribution >= 0.6 is 0 Å². The highest BCUT2D eigenvalue weighted by atomic mass is 16.5. The highest BCUT2D eigenvalue weighted by Crippen LogP contribution is 2.42. The minimum Gasteiger partial charge on any atom is -0.508 e. The Morgan fingerprint density at radius 3 is 2.33 bits per heavy atom. The van der Waals surface area contributed by atoms with Crippen molar-refractivity contribution in [2.45, 2.75) is 6.92 Å². The average molecular weight is 351 g/mol. The van der Waals surface area contributed by atoms with Crippen molar-refractivity contribution in [3.63, 3.8) is 0 Å². The van der Waals surface area contributed by atoms with E-state index in [9.17, 15) is 5.11 Å². The van der Waals surface area contributed by atoms with E-state index in [0.29, 0.717) is 11.3 Å². The number of hydrogen-bond donors (Lipinski definition) is 1. The van der Waals surface area contributed by atoms with Crippen LogP contribution in [0.25, 0.3) is 21.9 Å². The third-order valence-corrected chi connectivity index (χ3v) is 4.54. The van der Waals surface area contributed by atoms with Gasteiger partial charge >= 0.3 is 0 Å². The lowest BCUT2D eigenvalue weighted by Gasteiger charge is -2.17. The Balaban J connectivity index is 1.95. The third kappa shape index (κ3) is 3.21. The Morgan fingerprint density at radius 2 is 1.63 bits per heavy atom. The van der Waals surface area contributed by atoms with Crippen molar-refractivity contribution in [3.05, 3.63) is 90.0 Å². The van der Waals surface area contributed by atoms with E-state index in [1.807, 2.05) is 31.2 Å². The topological polar surface area (TPSA) is 53.2 Å². The molecule has 0 saturated heterocycles. The van der Waals surface area contributed by atoms with E-state index in [0.717, 1.165) is 33.2 Å². The normalized spacial score (nSPS) is 10.5. The minimum absolute atomic E-state index is 0.221. The van der Waals surface area contributed by atoms with Gasteiger partial charge in [0.2, 0.25) is 0 Å². The molecule has 0 unspecified atom stereocenters. The van der Waals surface area contributed by atoms with Gasteiger partial charge in [-0.2, -0.15) is 5.26 Å². The van der Waals surface area contributed by atoms with Crippen LogP contribution in [0.4, 0.5) is 0 Å². The summed E-state index contributed by atoms with van der Waals surface area (Å²) in [6.07, 6.45) is 0. The Bertz CT molecular complexity index is 1160. The fourth-order valence-corrected chi connectivity index (χ4v) is 3.28. The number of rotatable bonds is 3. The van der Waals surface area contributed by atoms with Crippen LogP contribution in [-0.2, 0) is 0 Å². The Labute approximate surface area is 157 Å². The molecule has 3 nitrogen and oxygen atoms in total. The molecule has 0 heterocycles. The molecule has 0 aliphatic rings. The summed E-state index contributed by atoms with van der Waals surface area (Å²) in [6, 6.07) is 26.6. The smallest absolute Gasteiger partial charge is 0.143 e. The van der Waals surface area contributed by atoms with Gasteiger partial charge in [-0.05, 0) is 65.9 Å².